The highest BCUT2D eigenvalue weighted by atomic mass is 19.4. The van der Waals surface area contributed by atoms with Gasteiger partial charge in [-0.1, -0.05) is 0 Å². The normalized spacial score (nSPS) is 21.7. The van der Waals surface area contributed by atoms with E-state index in [1.165, 1.54) is 4.90 Å². The van der Waals surface area contributed by atoms with Crippen molar-refractivity contribution in [2.24, 2.45) is 0 Å². The molecule has 3 aliphatic rings. The van der Waals surface area contributed by atoms with Gasteiger partial charge < -0.3 is 14.5 Å². The maximum Gasteiger partial charge on any atom is 0.416 e. The number of rotatable bonds is 3. The Morgan fingerprint density at radius 2 is 1.45 bits per heavy atom. The number of aromatic nitrogens is 2. The standard InChI is InChI=1S/C25H26F6N4O3/c26-24(27,28)16-9-15(10-17(11-16)25(29,30)31)14-38-23(37)33-7-8-34-20(13-33)12-21(32-34)22(36)35-18-3-1-4-19(35)6-2-5-18/h9-12,18-19H,1-8,13-14H2. The van der Waals surface area contributed by atoms with E-state index in [0.29, 0.717) is 23.5 Å². The number of fused-ring (bicyclic) bond motifs is 3. The van der Waals surface area contributed by atoms with Crippen molar-refractivity contribution in [2.45, 2.75) is 82.7 Å². The lowest BCUT2D eigenvalue weighted by Crippen LogP contribution is -2.52. The van der Waals surface area contributed by atoms with E-state index in [9.17, 15) is 35.9 Å². The Morgan fingerprint density at radius 3 is 2.00 bits per heavy atom. The third-order valence-electron chi connectivity index (χ3n) is 7.46. The van der Waals surface area contributed by atoms with Crippen molar-refractivity contribution in [3.63, 3.8) is 0 Å². The molecule has 3 aliphatic heterocycles. The van der Waals surface area contributed by atoms with Crippen molar-refractivity contribution in [3.05, 3.63) is 52.3 Å². The summed E-state index contributed by atoms with van der Waals surface area (Å²) < 4.78 is 85.3. The highest BCUT2D eigenvalue weighted by molar-refractivity contribution is 5.93. The molecule has 2 fully saturated rings. The number of alkyl halides is 6. The van der Waals surface area contributed by atoms with Gasteiger partial charge in [0, 0.05) is 18.6 Å². The first kappa shape index (κ1) is 26.4. The largest absolute Gasteiger partial charge is 0.445 e. The fraction of sp³-hybridized carbons (Fsp3) is 0.560. The van der Waals surface area contributed by atoms with Gasteiger partial charge in [0.2, 0.25) is 0 Å². The van der Waals surface area contributed by atoms with Gasteiger partial charge in [-0.2, -0.15) is 31.4 Å². The molecule has 2 bridgehead atoms. The van der Waals surface area contributed by atoms with Crippen molar-refractivity contribution in [2.75, 3.05) is 6.54 Å². The summed E-state index contributed by atoms with van der Waals surface area (Å²) >= 11 is 0. The summed E-state index contributed by atoms with van der Waals surface area (Å²) in [4.78, 5) is 29.1. The SMILES string of the molecule is O=C(OCc1cc(C(F)(F)F)cc(C(F)(F)F)c1)N1CCn2nc(C(=O)N3C4CCCC3CCC4)cc2C1. The number of benzene rings is 1. The molecular weight excluding hydrogens is 518 g/mol. The van der Waals surface area contributed by atoms with E-state index in [4.69, 9.17) is 4.74 Å². The average molecular weight is 544 g/mol. The van der Waals surface area contributed by atoms with Crippen LogP contribution in [0.25, 0.3) is 0 Å². The third kappa shape index (κ3) is 5.32. The fourth-order valence-electron chi connectivity index (χ4n) is 5.65. The van der Waals surface area contributed by atoms with Crippen LogP contribution in [0.2, 0.25) is 0 Å². The summed E-state index contributed by atoms with van der Waals surface area (Å²) in [6, 6.07) is 3.15. The monoisotopic (exact) mass is 544 g/mol. The van der Waals surface area contributed by atoms with E-state index in [1.807, 2.05) is 4.90 Å². The zero-order valence-electron chi connectivity index (χ0n) is 20.3. The number of carbonyl (C=O) groups excluding carboxylic acids is 2. The average Bonchev–Trinajstić information content (AvgIpc) is 3.28. The molecule has 0 radical (unpaired) electrons. The van der Waals surface area contributed by atoms with E-state index in [0.717, 1.165) is 38.5 Å². The maximum atomic E-state index is 13.3. The molecule has 2 aromatic rings. The van der Waals surface area contributed by atoms with Gasteiger partial charge in [0.15, 0.2) is 5.69 Å². The number of hydrogen-bond donors (Lipinski definition) is 0. The summed E-state index contributed by atoms with van der Waals surface area (Å²) in [5.41, 5.74) is -2.48. The minimum absolute atomic E-state index is 0.0209. The second kappa shape index (κ2) is 9.81. The predicted octanol–water partition coefficient (Wildman–Crippen LogP) is 5.62. The molecule has 1 aromatic carbocycles. The van der Waals surface area contributed by atoms with E-state index in [1.54, 1.807) is 10.7 Å². The fourth-order valence-corrected chi connectivity index (χ4v) is 5.65. The van der Waals surface area contributed by atoms with Crippen LogP contribution in [-0.2, 0) is 36.8 Å². The highest BCUT2D eigenvalue weighted by Gasteiger charge is 2.39. The molecule has 0 unspecified atom stereocenters. The first-order valence-corrected chi connectivity index (χ1v) is 12.5. The Labute approximate surface area is 214 Å². The van der Waals surface area contributed by atoms with Gasteiger partial charge in [-0.15, -0.1) is 0 Å². The molecule has 0 aliphatic carbocycles. The molecule has 5 rings (SSSR count). The summed E-state index contributed by atoms with van der Waals surface area (Å²) in [5, 5.41) is 4.44. The number of ether oxygens (including phenoxy) is 1. The number of carbonyl (C=O) groups is 2. The Bertz CT molecular complexity index is 1170. The van der Waals surface area contributed by atoms with Gasteiger partial charge in [0.05, 0.1) is 29.9 Å². The molecule has 7 nitrogen and oxygen atoms in total. The lowest BCUT2D eigenvalue weighted by molar-refractivity contribution is -0.143. The van der Waals surface area contributed by atoms with E-state index in [-0.39, 0.29) is 43.7 Å². The zero-order chi connectivity index (χ0) is 27.2. The van der Waals surface area contributed by atoms with Crippen molar-refractivity contribution in [1.29, 1.82) is 0 Å². The molecule has 0 spiro atoms. The van der Waals surface area contributed by atoms with Crippen LogP contribution in [0.1, 0.15) is 71.4 Å². The first-order valence-electron chi connectivity index (χ1n) is 12.5. The molecule has 2 amide bonds. The minimum Gasteiger partial charge on any atom is -0.445 e. The molecule has 4 heterocycles. The Kier molecular flexibility index (Phi) is 6.80. The molecule has 206 valence electrons. The van der Waals surface area contributed by atoms with Crippen molar-refractivity contribution in [3.8, 4) is 0 Å². The van der Waals surface area contributed by atoms with Gasteiger partial charge in [-0.05, 0) is 68.4 Å². The number of amides is 2. The third-order valence-corrected chi connectivity index (χ3v) is 7.46. The van der Waals surface area contributed by atoms with Gasteiger partial charge in [0.25, 0.3) is 5.91 Å². The Hall–Kier alpha value is -3.25. The molecule has 0 saturated carbocycles. The number of halogens is 6. The number of nitrogens with zero attached hydrogens (tertiary/aromatic N) is 4. The van der Waals surface area contributed by atoms with E-state index >= 15 is 0 Å². The lowest BCUT2D eigenvalue weighted by Gasteiger charge is -2.45. The van der Waals surface area contributed by atoms with Crippen LogP contribution in [0.4, 0.5) is 31.1 Å². The van der Waals surface area contributed by atoms with Gasteiger partial charge in [-0.3, -0.25) is 9.48 Å². The molecule has 13 heteroatoms. The van der Waals surface area contributed by atoms with Crippen LogP contribution < -0.4 is 0 Å². The second-order valence-corrected chi connectivity index (χ2v) is 10.0. The molecule has 0 atom stereocenters. The van der Waals surface area contributed by atoms with Crippen LogP contribution >= 0.6 is 0 Å². The van der Waals surface area contributed by atoms with Crippen molar-refractivity contribution >= 4 is 12.0 Å². The zero-order valence-corrected chi connectivity index (χ0v) is 20.3. The summed E-state index contributed by atoms with van der Waals surface area (Å²) in [6.07, 6.45) is -4.75. The smallest absolute Gasteiger partial charge is 0.416 e. The van der Waals surface area contributed by atoms with Gasteiger partial charge >= 0.3 is 18.4 Å². The highest BCUT2D eigenvalue weighted by Crippen LogP contribution is 2.37. The number of hydrogen-bond acceptors (Lipinski definition) is 4. The lowest BCUT2D eigenvalue weighted by atomic mass is 9.84. The second-order valence-electron chi connectivity index (χ2n) is 10.0. The van der Waals surface area contributed by atoms with Crippen LogP contribution in [-0.4, -0.2) is 50.2 Å². The van der Waals surface area contributed by atoms with Crippen LogP contribution in [0.15, 0.2) is 24.3 Å². The van der Waals surface area contributed by atoms with E-state index < -0.39 is 41.7 Å². The van der Waals surface area contributed by atoms with Gasteiger partial charge in [0.1, 0.15) is 6.61 Å². The van der Waals surface area contributed by atoms with Crippen molar-refractivity contribution in [1.82, 2.24) is 19.6 Å². The van der Waals surface area contributed by atoms with E-state index in [2.05, 4.69) is 5.10 Å². The predicted molar refractivity (Wildman–Crippen MR) is 121 cm³/mol. The summed E-state index contributed by atoms with van der Waals surface area (Å²) in [7, 11) is 0. The first-order chi connectivity index (χ1) is 17.9. The van der Waals surface area contributed by atoms with Crippen LogP contribution in [0.3, 0.4) is 0 Å². The summed E-state index contributed by atoms with van der Waals surface area (Å²) in [5.74, 6) is -0.125. The molecule has 1 aromatic heterocycles. The quantitative estimate of drug-likeness (QED) is 0.471. The maximum absolute atomic E-state index is 13.3. The molecular formula is C25H26F6N4O3. The Balaban J connectivity index is 1.25. The minimum atomic E-state index is -4.99. The Morgan fingerprint density at radius 1 is 0.868 bits per heavy atom. The van der Waals surface area contributed by atoms with Crippen molar-refractivity contribution < 1.29 is 40.7 Å². The van der Waals surface area contributed by atoms with Crippen LogP contribution in [0, 0.1) is 0 Å². The van der Waals surface area contributed by atoms with Crippen LogP contribution in [0.5, 0.6) is 0 Å². The van der Waals surface area contributed by atoms with Gasteiger partial charge in [-0.25, -0.2) is 4.79 Å². The number of piperidine rings is 2. The topological polar surface area (TPSA) is 67.7 Å². The molecule has 2 saturated heterocycles. The summed E-state index contributed by atoms with van der Waals surface area (Å²) in [6.45, 7) is -0.287. The molecule has 38 heavy (non-hydrogen) atoms. The molecule has 0 N–H and O–H groups in total.